The van der Waals surface area contributed by atoms with E-state index in [4.69, 9.17) is 4.42 Å². The van der Waals surface area contributed by atoms with E-state index in [0.29, 0.717) is 6.04 Å². The average molecular weight is 301 g/mol. The van der Waals surface area contributed by atoms with Gasteiger partial charge in [0.1, 0.15) is 5.76 Å². The third-order valence-electron chi connectivity index (χ3n) is 3.76. The summed E-state index contributed by atoms with van der Waals surface area (Å²) >= 11 is 3.34. The molecule has 1 aliphatic rings. The van der Waals surface area contributed by atoms with Crippen LogP contribution in [0.2, 0.25) is 0 Å². The normalized spacial score (nSPS) is 25.4. The molecule has 0 unspecified atom stereocenters. The molecule has 0 atom stereocenters. The summed E-state index contributed by atoms with van der Waals surface area (Å²) in [7, 11) is 4.26. The van der Waals surface area contributed by atoms with Crippen molar-refractivity contribution < 1.29 is 4.42 Å². The van der Waals surface area contributed by atoms with E-state index in [9.17, 15) is 0 Å². The molecule has 1 saturated carbocycles. The maximum atomic E-state index is 5.55. The lowest BCUT2D eigenvalue weighted by atomic mass is 9.90. The second-order valence-electron chi connectivity index (χ2n) is 4.92. The molecule has 1 N–H and O–H groups in total. The van der Waals surface area contributed by atoms with E-state index in [1.54, 1.807) is 0 Å². The lowest BCUT2D eigenvalue weighted by molar-refractivity contribution is 0.159. The van der Waals surface area contributed by atoms with Crippen LogP contribution in [0.25, 0.3) is 0 Å². The highest BCUT2D eigenvalue weighted by atomic mass is 79.9. The minimum Gasteiger partial charge on any atom is -0.453 e. The molecule has 0 aliphatic heterocycles. The summed E-state index contributed by atoms with van der Waals surface area (Å²) in [5, 5.41) is 3.37. The van der Waals surface area contributed by atoms with Gasteiger partial charge in [-0.3, -0.25) is 4.90 Å². The molecule has 0 radical (unpaired) electrons. The summed E-state index contributed by atoms with van der Waals surface area (Å²) in [5.74, 6) is 1.04. The zero-order valence-electron chi connectivity index (χ0n) is 10.6. The Bertz CT molecular complexity index is 345. The van der Waals surface area contributed by atoms with Crippen molar-refractivity contribution >= 4 is 15.9 Å². The van der Waals surface area contributed by atoms with Crippen LogP contribution in [-0.4, -0.2) is 31.1 Å². The smallest absolute Gasteiger partial charge is 0.169 e. The second kappa shape index (κ2) is 6.03. The number of furan rings is 1. The fourth-order valence-electron chi connectivity index (χ4n) is 2.62. The maximum absolute atomic E-state index is 5.55. The van der Waals surface area contributed by atoms with Gasteiger partial charge in [-0.25, -0.2) is 0 Å². The first kappa shape index (κ1) is 13.1. The molecule has 0 amide bonds. The minimum absolute atomic E-state index is 0.698. The molecule has 1 fully saturated rings. The Morgan fingerprint density at radius 2 is 2.06 bits per heavy atom. The Morgan fingerprint density at radius 3 is 2.59 bits per heavy atom. The Kier molecular flexibility index (Phi) is 4.65. The van der Waals surface area contributed by atoms with Crippen LogP contribution in [0.1, 0.15) is 31.4 Å². The van der Waals surface area contributed by atoms with Crippen LogP contribution in [0.15, 0.2) is 21.2 Å². The lowest BCUT2D eigenvalue weighted by Crippen LogP contribution is -2.39. The molecule has 1 heterocycles. The fraction of sp³-hybridized carbons (Fsp3) is 0.692. The fourth-order valence-corrected chi connectivity index (χ4v) is 2.96. The van der Waals surface area contributed by atoms with Gasteiger partial charge in [0.25, 0.3) is 0 Å². The molecule has 3 nitrogen and oxygen atoms in total. The summed E-state index contributed by atoms with van der Waals surface area (Å²) in [6, 6.07) is 5.42. The standard InChI is InChI=1S/C13H21BrN2O/c1-15-10-3-5-11(6-4-10)16(2)9-12-7-8-13(14)17-12/h7-8,10-11,15H,3-6,9H2,1-2H3. The van der Waals surface area contributed by atoms with Gasteiger partial charge < -0.3 is 9.73 Å². The van der Waals surface area contributed by atoms with E-state index in [1.165, 1.54) is 25.7 Å². The molecule has 4 heteroatoms. The zero-order valence-corrected chi connectivity index (χ0v) is 12.2. The van der Waals surface area contributed by atoms with Gasteiger partial charge in [0.15, 0.2) is 4.67 Å². The molecule has 17 heavy (non-hydrogen) atoms. The van der Waals surface area contributed by atoms with Gasteiger partial charge in [0, 0.05) is 12.1 Å². The number of nitrogens with zero attached hydrogens (tertiary/aromatic N) is 1. The Morgan fingerprint density at radius 1 is 1.35 bits per heavy atom. The topological polar surface area (TPSA) is 28.4 Å². The average Bonchev–Trinajstić information content (AvgIpc) is 2.75. The molecule has 0 bridgehead atoms. The van der Waals surface area contributed by atoms with Crippen LogP contribution < -0.4 is 5.32 Å². The van der Waals surface area contributed by atoms with Gasteiger partial charge in [-0.15, -0.1) is 0 Å². The predicted octanol–water partition coefficient (Wildman–Crippen LogP) is 3.00. The Hall–Kier alpha value is -0.320. The first-order valence-corrected chi connectivity index (χ1v) is 7.10. The SMILES string of the molecule is CNC1CCC(N(C)Cc2ccc(Br)o2)CC1. The number of halogens is 1. The third-order valence-corrected chi connectivity index (χ3v) is 4.19. The lowest BCUT2D eigenvalue weighted by Gasteiger charge is -2.34. The molecular weight excluding hydrogens is 280 g/mol. The Labute approximate surface area is 112 Å². The van der Waals surface area contributed by atoms with Gasteiger partial charge in [-0.2, -0.15) is 0 Å². The monoisotopic (exact) mass is 300 g/mol. The summed E-state index contributed by atoms with van der Waals surface area (Å²) in [4.78, 5) is 2.41. The molecule has 96 valence electrons. The quantitative estimate of drug-likeness (QED) is 0.926. The predicted molar refractivity (Wildman–Crippen MR) is 73.0 cm³/mol. The van der Waals surface area contributed by atoms with Crippen molar-refractivity contribution in [1.29, 1.82) is 0 Å². The molecule has 1 aromatic rings. The van der Waals surface area contributed by atoms with Crippen molar-refractivity contribution in [2.24, 2.45) is 0 Å². The summed E-state index contributed by atoms with van der Waals surface area (Å²) in [6.07, 6.45) is 5.13. The van der Waals surface area contributed by atoms with Crippen molar-refractivity contribution in [2.75, 3.05) is 14.1 Å². The van der Waals surface area contributed by atoms with Crippen molar-refractivity contribution in [3.05, 3.63) is 22.6 Å². The third kappa shape index (κ3) is 3.57. The van der Waals surface area contributed by atoms with E-state index in [0.717, 1.165) is 23.0 Å². The largest absolute Gasteiger partial charge is 0.453 e. The van der Waals surface area contributed by atoms with Gasteiger partial charge in [-0.05, 0) is 67.8 Å². The number of nitrogens with one attached hydrogen (secondary N) is 1. The summed E-state index contributed by atoms with van der Waals surface area (Å²) < 4.78 is 6.37. The van der Waals surface area contributed by atoms with Crippen molar-refractivity contribution in [3.63, 3.8) is 0 Å². The molecule has 0 spiro atoms. The van der Waals surface area contributed by atoms with E-state index in [2.05, 4.69) is 40.2 Å². The minimum atomic E-state index is 0.698. The molecule has 2 rings (SSSR count). The summed E-state index contributed by atoms with van der Waals surface area (Å²) in [5.41, 5.74) is 0. The van der Waals surface area contributed by atoms with Crippen LogP contribution in [0.3, 0.4) is 0 Å². The van der Waals surface area contributed by atoms with Crippen molar-refractivity contribution in [3.8, 4) is 0 Å². The molecular formula is C13H21BrN2O. The number of rotatable bonds is 4. The highest BCUT2D eigenvalue weighted by Crippen LogP contribution is 2.24. The molecule has 1 aromatic heterocycles. The van der Waals surface area contributed by atoms with Crippen LogP contribution in [-0.2, 0) is 6.54 Å². The van der Waals surface area contributed by atoms with Gasteiger partial charge in [0.05, 0.1) is 6.54 Å². The zero-order chi connectivity index (χ0) is 12.3. The van der Waals surface area contributed by atoms with E-state index in [1.807, 2.05) is 12.1 Å². The van der Waals surface area contributed by atoms with Crippen LogP contribution >= 0.6 is 15.9 Å². The molecule has 1 aliphatic carbocycles. The highest BCUT2D eigenvalue weighted by molar-refractivity contribution is 9.10. The second-order valence-corrected chi connectivity index (χ2v) is 5.70. The van der Waals surface area contributed by atoms with Crippen LogP contribution in [0, 0.1) is 0 Å². The number of hydrogen-bond acceptors (Lipinski definition) is 3. The van der Waals surface area contributed by atoms with E-state index >= 15 is 0 Å². The first-order valence-electron chi connectivity index (χ1n) is 6.30. The van der Waals surface area contributed by atoms with E-state index < -0.39 is 0 Å². The highest BCUT2D eigenvalue weighted by Gasteiger charge is 2.23. The van der Waals surface area contributed by atoms with E-state index in [-0.39, 0.29) is 0 Å². The van der Waals surface area contributed by atoms with Gasteiger partial charge in [-0.1, -0.05) is 0 Å². The van der Waals surface area contributed by atoms with Crippen molar-refractivity contribution in [1.82, 2.24) is 10.2 Å². The van der Waals surface area contributed by atoms with Crippen LogP contribution in [0.4, 0.5) is 0 Å². The van der Waals surface area contributed by atoms with Crippen molar-refractivity contribution in [2.45, 2.75) is 44.3 Å². The first-order chi connectivity index (χ1) is 8.19. The Balaban J connectivity index is 1.82. The van der Waals surface area contributed by atoms with Gasteiger partial charge in [0.2, 0.25) is 0 Å². The summed E-state index contributed by atoms with van der Waals surface area (Å²) in [6.45, 7) is 0.903. The van der Waals surface area contributed by atoms with Gasteiger partial charge >= 0.3 is 0 Å². The molecule has 0 saturated heterocycles. The molecule has 0 aromatic carbocycles. The number of hydrogen-bond donors (Lipinski definition) is 1. The van der Waals surface area contributed by atoms with Crippen LogP contribution in [0.5, 0.6) is 0 Å². The maximum Gasteiger partial charge on any atom is 0.169 e.